The molecule has 0 heterocycles. The third-order valence-corrected chi connectivity index (χ3v) is 7.07. The second-order valence-electron chi connectivity index (χ2n) is 8.03. The summed E-state index contributed by atoms with van der Waals surface area (Å²) < 4.78 is 24.9. The molecule has 1 unspecified atom stereocenters. The Kier molecular flexibility index (Phi) is 4.80. The van der Waals surface area contributed by atoms with Gasteiger partial charge in [0.05, 0.1) is 4.91 Å². The molecule has 2 bridgehead atoms. The third kappa shape index (κ3) is 3.18. The van der Waals surface area contributed by atoms with E-state index in [1.165, 1.54) is 0 Å². The van der Waals surface area contributed by atoms with E-state index in [4.69, 9.17) is 15.7 Å². The Morgan fingerprint density at radius 2 is 1.74 bits per heavy atom. The summed E-state index contributed by atoms with van der Waals surface area (Å²) in [7, 11) is -4.12. The second-order valence-corrected chi connectivity index (χ2v) is 9.53. The van der Waals surface area contributed by atoms with E-state index in [1.807, 2.05) is 35.6 Å². The maximum Gasteiger partial charge on any atom is 0.410 e. The van der Waals surface area contributed by atoms with Gasteiger partial charge in [-0.2, -0.15) is 0 Å². The van der Waals surface area contributed by atoms with E-state index < -0.39 is 21.7 Å². The highest BCUT2D eigenvalue weighted by molar-refractivity contribution is 7.93. The molecule has 9 heteroatoms. The molecule has 0 aromatic heterocycles. The van der Waals surface area contributed by atoms with E-state index in [0.29, 0.717) is 22.1 Å². The molecule has 0 saturated heterocycles. The van der Waals surface area contributed by atoms with Crippen LogP contribution in [0.2, 0.25) is 0 Å². The Morgan fingerprint density at radius 1 is 1.00 bits per heavy atom. The van der Waals surface area contributed by atoms with Gasteiger partial charge in [-0.05, 0) is 33.5 Å². The number of carboxylic acid groups (broad SMARTS) is 1. The number of fused-ring (bicyclic) bond motifs is 3. The van der Waals surface area contributed by atoms with Crippen molar-refractivity contribution in [1.29, 1.82) is 5.41 Å². The molecular formula is C25H19N3O5S. The lowest BCUT2D eigenvalue weighted by atomic mass is 9.63. The van der Waals surface area contributed by atoms with Gasteiger partial charge in [0.15, 0.2) is 0 Å². The maximum atomic E-state index is 12.4. The molecule has 0 radical (unpaired) electrons. The summed E-state index contributed by atoms with van der Waals surface area (Å²) in [4.78, 5) is 10.9. The van der Waals surface area contributed by atoms with Crippen molar-refractivity contribution in [2.24, 2.45) is 5.14 Å². The van der Waals surface area contributed by atoms with Crippen LogP contribution in [0.25, 0.3) is 16.3 Å². The summed E-state index contributed by atoms with van der Waals surface area (Å²) in [5.41, 5.74) is 0.575. The number of benzene rings is 3. The summed E-state index contributed by atoms with van der Waals surface area (Å²) in [6.07, 6.45) is 1.94. The SMILES string of the molecule is N=C(NC(=O)O)c1cccc2ccc(C3(O)c4ccc(-c5ccccc5)c3c4S(N)(=O)=O)cc12. The number of carbonyl (C=O) groups is 1. The van der Waals surface area contributed by atoms with Crippen molar-refractivity contribution in [2.75, 3.05) is 0 Å². The van der Waals surface area contributed by atoms with Crippen molar-refractivity contribution >= 4 is 38.3 Å². The van der Waals surface area contributed by atoms with Crippen LogP contribution in [0.4, 0.5) is 4.79 Å². The van der Waals surface area contributed by atoms with Gasteiger partial charge in [-0.1, -0.05) is 72.8 Å². The average molecular weight is 474 g/mol. The molecule has 2 aliphatic rings. The normalized spacial score (nSPS) is 19.2. The monoisotopic (exact) mass is 473 g/mol. The van der Waals surface area contributed by atoms with Gasteiger partial charge in [0.1, 0.15) is 11.4 Å². The molecule has 5 rings (SSSR count). The van der Waals surface area contributed by atoms with Crippen LogP contribution in [0, 0.1) is 5.41 Å². The Morgan fingerprint density at radius 3 is 2.41 bits per heavy atom. The molecular weight excluding hydrogens is 454 g/mol. The van der Waals surface area contributed by atoms with Crippen molar-refractivity contribution in [3.63, 3.8) is 0 Å². The van der Waals surface area contributed by atoms with Gasteiger partial charge in [0, 0.05) is 16.7 Å². The predicted octanol–water partition coefficient (Wildman–Crippen LogP) is 3.20. The first kappa shape index (κ1) is 21.8. The summed E-state index contributed by atoms with van der Waals surface area (Å²) in [6.45, 7) is 0. The molecule has 3 aromatic carbocycles. The lowest BCUT2D eigenvalue weighted by Crippen LogP contribution is -2.46. The van der Waals surface area contributed by atoms with Crippen LogP contribution in [0.15, 0.2) is 94.9 Å². The fourth-order valence-corrected chi connectivity index (χ4v) is 5.71. The first-order valence-electron chi connectivity index (χ1n) is 10.2. The highest BCUT2D eigenvalue weighted by atomic mass is 32.2. The third-order valence-electron chi connectivity index (χ3n) is 6.08. The molecule has 2 aliphatic carbocycles. The number of hydrogen-bond donors (Lipinski definition) is 5. The quantitative estimate of drug-likeness (QED) is 0.291. The Balaban J connectivity index is 1.71. The molecule has 0 saturated carbocycles. The van der Waals surface area contributed by atoms with Gasteiger partial charge < -0.3 is 10.2 Å². The minimum Gasteiger partial charge on any atom is -0.465 e. The molecule has 0 fully saturated rings. The van der Waals surface area contributed by atoms with Crippen LogP contribution < -0.4 is 10.5 Å². The van der Waals surface area contributed by atoms with Crippen LogP contribution in [0.1, 0.15) is 16.7 Å². The second kappa shape index (κ2) is 7.49. The summed E-state index contributed by atoms with van der Waals surface area (Å²) >= 11 is 0. The van der Waals surface area contributed by atoms with Crippen LogP contribution in [0.3, 0.4) is 0 Å². The van der Waals surface area contributed by atoms with Crippen molar-refractivity contribution < 1.29 is 23.4 Å². The number of nitrogens with two attached hydrogens (primary N) is 1. The summed E-state index contributed by atoms with van der Waals surface area (Å²) in [5.74, 6) is -0.315. The number of aliphatic hydroxyl groups is 1. The average Bonchev–Trinajstić information content (AvgIpc) is 2.81. The van der Waals surface area contributed by atoms with E-state index in [-0.39, 0.29) is 21.9 Å². The van der Waals surface area contributed by atoms with Gasteiger partial charge >= 0.3 is 6.09 Å². The number of rotatable bonds is 4. The predicted molar refractivity (Wildman–Crippen MR) is 128 cm³/mol. The first-order valence-corrected chi connectivity index (χ1v) is 11.8. The van der Waals surface area contributed by atoms with Crippen LogP contribution >= 0.6 is 0 Å². The molecule has 6 N–H and O–H groups in total. The maximum absolute atomic E-state index is 12.4. The summed E-state index contributed by atoms with van der Waals surface area (Å²) in [6, 6.07) is 19.2. The molecule has 3 aromatic rings. The summed E-state index contributed by atoms with van der Waals surface area (Å²) in [5, 5.41) is 37.9. The molecule has 1 atom stereocenters. The van der Waals surface area contributed by atoms with Gasteiger partial charge in [-0.3, -0.25) is 10.7 Å². The fraction of sp³-hybridized carbons (Fsp3) is 0.0400. The number of amides is 1. The molecule has 0 aliphatic heterocycles. The van der Waals surface area contributed by atoms with Crippen molar-refractivity contribution in [3.05, 3.63) is 112 Å². The fourth-order valence-electron chi connectivity index (χ4n) is 4.64. The molecule has 0 spiro atoms. The Bertz CT molecular complexity index is 1600. The van der Waals surface area contributed by atoms with E-state index in [2.05, 4.69) is 0 Å². The molecule has 8 nitrogen and oxygen atoms in total. The van der Waals surface area contributed by atoms with Gasteiger partial charge in [-0.25, -0.2) is 18.4 Å². The minimum atomic E-state index is -4.12. The van der Waals surface area contributed by atoms with Crippen molar-refractivity contribution in [2.45, 2.75) is 5.60 Å². The smallest absolute Gasteiger partial charge is 0.410 e. The van der Waals surface area contributed by atoms with E-state index >= 15 is 0 Å². The highest BCUT2D eigenvalue weighted by Gasteiger charge is 2.56. The number of primary sulfonamides is 1. The molecule has 1 amide bonds. The van der Waals surface area contributed by atoms with Crippen LogP contribution in [-0.4, -0.2) is 30.6 Å². The first-order chi connectivity index (χ1) is 16.1. The van der Waals surface area contributed by atoms with Gasteiger partial charge in [-0.15, -0.1) is 0 Å². The zero-order valence-corrected chi connectivity index (χ0v) is 18.4. The highest BCUT2D eigenvalue weighted by Crippen LogP contribution is 2.59. The van der Waals surface area contributed by atoms with E-state index in [0.717, 1.165) is 10.9 Å². The largest absolute Gasteiger partial charge is 0.465 e. The minimum absolute atomic E-state index is 0.106. The van der Waals surface area contributed by atoms with E-state index in [9.17, 15) is 18.3 Å². The lowest BCUT2D eigenvalue weighted by molar-refractivity contribution is 0.109. The van der Waals surface area contributed by atoms with Crippen LogP contribution in [0.5, 0.6) is 0 Å². The Hall–Kier alpha value is -4.05. The van der Waals surface area contributed by atoms with Crippen LogP contribution in [-0.2, 0) is 15.6 Å². The Labute approximate surface area is 194 Å². The number of sulfonamides is 1. The molecule has 170 valence electrons. The van der Waals surface area contributed by atoms with Crippen molar-refractivity contribution in [1.82, 2.24) is 5.32 Å². The van der Waals surface area contributed by atoms with E-state index in [1.54, 1.807) is 48.6 Å². The van der Waals surface area contributed by atoms with Gasteiger partial charge in [0.25, 0.3) is 0 Å². The molecule has 34 heavy (non-hydrogen) atoms. The topological polar surface area (TPSA) is 154 Å². The zero-order valence-electron chi connectivity index (χ0n) is 17.6. The number of nitrogens with one attached hydrogen (secondary N) is 2. The van der Waals surface area contributed by atoms with Crippen molar-refractivity contribution in [3.8, 4) is 0 Å². The standard InChI is InChI=1S/C25H19N3O5S/c26-23(28-24(29)30)18-8-4-7-15-9-10-16(13-19(15)18)25(31)20-12-11-17(14-5-2-1-3-6-14)21(25)22(20)34(27,32)33/h1-13,31H,(H2,26,28)(H,29,30)(H2,27,32,33). The van der Waals surface area contributed by atoms with Gasteiger partial charge in [0.2, 0.25) is 10.0 Å². The zero-order chi connectivity index (χ0) is 24.3. The lowest BCUT2D eigenvalue weighted by Gasteiger charge is -2.47. The number of hydrogen-bond acceptors (Lipinski definition) is 5. The number of amidine groups is 1. The number of allylic oxidation sites excluding steroid dienone is 2.